The third kappa shape index (κ3) is 43.5. The SMILES string of the molecule is CC\C=C/C=C/C=C/C=C\C=C\C=C\CCCCCC(=O)OC(CCCCC/C=C\CCCC)CC(=O)NC(CO)C(O)CCCCCCCCCCCCCCCCCC. The number of hydrogen-bond acceptors (Lipinski definition) is 5. The number of nitrogens with one attached hydrogen (secondary N) is 1. The second kappa shape index (κ2) is 48.1. The summed E-state index contributed by atoms with van der Waals surface area (Å²) in [4.78, 5) is 26.0. The van der Waals surface area contributed by atoms with E-state index in [1.807, 2.05) is 54.7 Å². The van der Waals surface area contributed by atoms with Crippen LogP contribution >= 0.6 is 0 Å². The van der Waals surface area contributed by atoms with Crippen LogP contribution in [0.3, 0.4) is 0 Å². The van der Waals surface area contributed by atoms with Crippen LogP contribution in [-0.2, 0) is 14.3 Å². The summed E-state index contributed by atoms with van der Waals surface area (Å²) in [5.74, 6) is -0.548. The van der Waals surface area contributed by atoms with Gasteiger partial charge in [0.1, 0.15) is 6.10 Å². The molecule has 0 bridgehead atoms. The third-order valence-corrected chi connectivity index (χ3v) is 11.1. The zero-order valence-corrected chi connectivity index (χ0v) is 39.8. The fourth-order valence-corrected chi connectivity index (χ4v) is 7.27. The maximum absolute atomic E-state index is 13.2. The molecule has 0 radical (unpaired) electrons. The largest absolute Gasteiger partial charge is 0.462 e. The predicted molar refractivity (Wildman–Crippen MR) is 264 cm³/mol. The Kier molecular flexibility index (Phi) is 45.7. The molecule has 0 saturated carbocycles. The molecular formula is C55H95NO5. The maximum atomic E-state index is 13.2. The van der Waals surface area contributed by atoms with Crippen LogP contribution in [0.4, 0.5) is 0 Å². The number of esters is 1. The lowest BCUT2D eigenvalue weighted by atomic mass is 10.0. The Labute approximate surface area is 376 Å². The number of aliphatic hydroxyl groups excluding tert-OH is 2. The molecule has 0 fully saturated rings. The van der Waals surface area contributed by atoms with Gasteiger partial charge in [-0.3, -0.25) is 9.59 Å². The fourth-order valence-electron chi connectivity index (χ4n) is 7.27. The van der Waals surface area contributed by atoms with Gasteiger partial charge >= 0.3 is 5.97 Å². The average molecular weight is 850 g/mol. The molecule has 6 heteroatoms. The van der Waals surface area contributed by atoms with Gasteiger partial charge in [0.2, 0.25) is 5.91 Å². The summed E-state index contributed by atoms with van der Waals surface area (Å²) in [7, 11) is 0. The predicted octanol–water partition coefficient (Wildman–Crippen LogP) is 15.2. The van der Waals surface area contributed by atoms with E-state index in [2.05, 4.69) is 56.5 Å². The number of ether oxygens (including phenoxy) is 1. The molecule has 3 unspecified atom stereocenters. The Morgan fingerprint density at radius 1 is 0.492 bits per heavy atom. The average Bonchev–Trinajstić information content (AvgIpc) is 3.25. The summed E-state index contributed by atoms with van der Waals surface area (Å²) in [6.45, 7) is 6.28. The van der Waals surface area contributed by atoms with Crippen LogP contribution in [0, 0.1) is 0 Å². The van der Waals surface area contributed by atoms with Crippen LogP contribution in [0.15, 0.2) is 85.1 Å². The van der Waals surface area contributed by atoms with Crippen molar-refractivity contribution in [2.75, 3.05) is 6.61 Å². The molecule has 0 aliphatic heterocycles. The first kappa shape index (κ1) is 58.0. The van der Waals surface area contributed by atoms with Crippen LogP contribution in [0.25, 0.3) is 0 Å². The minimum Gasteiger partial charge on any atom is -0.462 e. The summed E-state index contributed by atoms with van der Waals surface area (Å²) in [5.41, 5.74) is 0. The molecule has 1 amide bonds. The van der Waals surface area contributed by atoms with Gasteiger partial charge in [0.05, 0.1) is 25.2 Å². The van der Waals surface area contributed by atoms with E-state index in [-0.39, 0.29) is 24.9 Å². The Bertz CT molecular complexity index is 1180. The monoisotopic (exact) mass is 850 g/mol. The van der Waals surface area contributed by atoms with Crippen molar-refractivity contribution in [2.45, 2.75) is 244 Å². The van der Waals surface area contributed by atoms with Gasteiger partial charge in [0, 0.05) is 6.42 Å². The van der Waals surface area contributed by atoms with E-state index in [1.54, 1.807) is 0 Å². The highest BCUT2D eigenvalue weighted by Gasteiger charge is 2.24. The Balaban J connectivity index is 4.55. The summed E-state index contributed by atoms with van der Waals surface area (Å²) < 4.78 is 5.88. The van der Waals surface area contributed by atoms with E-state index >= 15 is 0 Å². The van der Waals surface area contributed by atoms with Gasteiger partial charge in [-0.2, -0.15) is 0 Å². The third-order valence-electron chi connectivity index (χ3n) is 11.1. The van der Waals surface area contributed by atoms with Gasteiger partial charge < -0.3 is 20.3 Å². The van der Waals surface area contributed by atoms with Crippen molar-refractivity contribution in [2.24, 2.45) is 0 Å². The van der Waals surface area contributed by atoms with Crippen LogP contribution < -0.4 is 5.32 Å². The molecular weight excluding hydrogens is 755 g/mol. The number of carbonyl (C=O) groups is 2. The normalized spacial score (nSPS) is 14.0. The molecule has 0 aromatic carbocycles. The van der Waals surface area contributed by atoms with Crippen molar-refractivity contribution in [1.29, 1.82) is 0 Å². The minimum atomic E-state index is -0.803. The molecule has 3 atom stereocenters. The Hall–Kier alpha value is -2.96. The number of rotatable bonds is 44. The van der Waals surface area contributed by atoms with E-state index < -0.39 is 18.2 Å². The Morgan fingerprint density at radius 2 is 0.918 bits per heavy atom. The lowest BCUT2D eigenvalue weighted by Crippen LogP contribution is -2.46. The van der Waals surface area contributed by atoms with Crippen molar-refractivity contribution >= 4 is 11.9 Å². The van der Waals surface area contributed by atoms with Gasteiger partial charge in [-0.05, 0) is 64.2 Å². The summed E-state index contributed by atoms with van der Waals surface area (Å²) >= 11 is 0. The molecule has 0 aliphatic carbocycles. The summed E-state index contributed by atoms with van der Waals surface area (Å²) in [6, 6.07) is -0.719. The first-order valence-corrected chi connectivity index (χ1v) is 25.4. The smallest absolute Gasteiger partial charge is 0.306 e. The van der Waals surface area contributed by atoms with E-state index in [0.717, 1.165) is 83.5 Å². The highest BCUT2D eigenvalue weighted by molar-refractivity contribution is 5.77. The summed E-state index contributed by atoms with van der Waals surface area (Å²) in [6.07, 6.45) is 62.2. The number of amides is 1. The molecule has 6 nitrogen and oxygen atoms in total. The van der Waals surface area contributed by atoms with Crippen LogP contribution in [0.1, 0.15) is 226 Å². The van der Waals surface area contributed by atoms with Gasteiger partial charge in [-0.1, -0.05) is 234 Å². The van der Waals surface area contributed by atoms with Gasteiger partial charge in [0.25, 0.3) is 0 Å². The molecule has 0 heterocycles. The standard InChI is InChI=1S/C55H95NO5/c1-4-7-10-13-16-19-21-23-25-27-29-31-33-36-39-42-45-48-55(60)61-51(46-43-40-37-34-18-15-12-9-6-3)49-54(59)56-52(50-57)53(58)47-44-41-38-35-32-30-28-26-24-22-20-17-14-11-8-5-2/h7,10,13,15-16,18-19,21,23,25,27,29,31,33,51-53,57-58H,4-6,8-9,11-12,14,17,20,22,24,26,28,30,32,34-50H2,1-3H3,(H,56,59)/b10-7-,16-13+,18-15-,21-19+,25-23-,29-27+,33-31+. The van der Waals surface area contributed by atoms with Crippen LogP contribution in [-0.4, -0.2) is 46.9 Å². The van der Waals surface area contributed by atoms with Crippen molar-refractivity contribution in [1.82, 2.24) is 5.32 Å². The zero-order valence-electron chi connectivity index (χ0n) is 39.8. The van der Waals surface area contributed by atoms with Crippen molar-refractivity contribution in [3.8, 4) is 0 Å². The van der Waals surface area contributed by atoms with E-state index in [0.29, 0.717) is 19.3 Å². The summed E-state index contributed by atoms with van der Waals surface area (Å²) in [5, 5.41) is 23.7. The molecule has 350 valence electrons. The van der Waals surface area contributed by atoms with Gasteiger partial charge in [0.15, 0.2) is 0 Å². The maximum Gasteiger partial charge on any atom is 0.306 e. The highest BCUT2D eigenvalue weighted by Crippen LogP contribution is 2.17. The minimum absolute atomic E-state index is 0.0441. The lowest BCUT2D eigenvalue weighted by Gasteiger charge is -2.24. The Morgan fingerprint density at radius 3 is 1.44 bits per heavy atom. The van der Waals surface area contributed by atoms with E-state index in [1.165, 1.54) is 96.3 Å². The zero-order chi connectivity index (χ0) is 44.5. The van der Waals surface area contributed by atoms with Gasteiger partial charge in [-0.25, -0.2) is 0 Å². The second-order valence-corrected chi connectivity index (χ2v) is 17.0. The number of allylic oxidation sites excluding steroid dienone is 14. The molecule has 0 rings (SSSR count). The van der Waals surface area contributed by atoms with Crippen molar-refractivity contribution < 1.29 is 24.5 Å². The number of hydrogen-bond donors (Lipinski definition) is 3. The molecule has 0 aromatic rings. The fraction of sp³-hybridized carbons (Fsp3) is 0.709. The topological polar surface area (TPSA) is 95.9 Å². The first-order chi connectivity index (χ1) is 30.0. The van der Waals surface area contributed by atoms with Crippen molar-refractivity contribution in [3.63, 3.8) is 0 Å². The molecule has 61 heavy (non-hydrogen) atoms. The number of aliphatic hydroxyl groups is 2. The van der Waals surface area contributed by atoms with Crippen molar-refractivity contribution in [3.05, 3.63) is 85.1 Å². The van der Waals surface area contributed by atoms with E-state index in [4.69, 9.17) is 4.74 Å². The number of carbonyl (C=O) groups excluding carboxylic acids is 2. The molecule has 0 saturated heterocycles. The van der Waals surface area contributed by atoms with Gasteiger partial charge in [-0.15, -0.1) is 0 Å². The quantitative estimate of drug-likeness (QED) is 0.0246. The lowest BCUT2D eigenvalue weighted by molar-refractivity contribution is -0.151. The van der Waals surface area contributed by atoms with Crippen LogP contribution in [0.5, 0.6) is 0 Å². The van der Waals surface area contributed by atoms with E-state index in [9.17, 15) is 19.8 Å². The molecule has 0 aromatic heterocycles. The second-order valence-electron chi connectivity index (χ2n) is 17.0. The number of unbranched alkanes of at least 4 members (excludes halogenated alkanes) is 23. The molecule has 3 N–H and O–H groups in total. The van der Waals surface area contributed by atoms with Crippen LogP contribution in [0.2, 0.25) is 0 Å². The molecule has 0 spiro atoms. The highest BCUT2D eigenvalue weighted by atomic mass is 16.5. The molecule has 0 aliphatic rings. The first-order valence-electron chi connectivity index (χ1n) is 25.4.